The van der Waals surface area contributed by atoms with Gasteiger partial charge in [-0.25, -0.2) is 4.98 Å². The number of rotatable bonds is 15. The maximum atomic E-state index is 11.5. The SMILES string of the molecule is C=C(Nc1ccsc1C=O)C(Cc1ccccn1)N(C)Cc1ccc(ON(C)c2cc(OCCC)ccn2)c(Cl)c1. The molecule has 0 saturated heterocycles. The van der Waals surface area contributed by atoms with Crippen molar-refractivity contribution in [3.63, 3.8) is 0 Å². The van der Waals surface area contributed by atoms with Crippen molar-refractivity contribution in [3.8, 4) is 11.5 Å². The molecule has 3 aromatic heterocycles. The molecule has 4 aromatic rings. The standard InChI is InChI=1S/C31H34ClN5O3S/c1-5-15-39-25-11-14-34-31(19-25)37(4)40-29-10-9-23(17-26(29)32)20-36(3)28(18-24-8-6-7-13-33-24)22(2)35-27-12-16-41-30(27)21-38/h6-14,16-17,19,21,28,35H,2,5,15,18,20H2,1,3-4H3. The first kappa shape index (κ1) is 30.0. The number of thiophene rings is 1. The molecule has 3 heterocycles. The molecule has 0 spiro atoms. The molecule has 1 N–H and O–H groups in total. The number of hydrogen-bond donors (Lipinski definition) is 1. The summed E-state index contributed by atoms with van der Waals surface area (Å²) in [5.41, 5.74) is 3.46. The fourth-order valence-electron chi connectivity index (χ4n) is 4.22. The predicted molar refractivity (Wildman–Crippen MR) is 166 cm³/mol. The summed E-state index contributed by atoms with van der Waals surface area (Å²) in [7, 11) is 3.80. The molecule has 10 heteroatoms. The lowest BCUT2D eigenvalue weighted by atomic mass is 10.0. The van der Waals surface area contributed by atoms with Crippen LogP contribution in [-0.2, 0) is 13.0 Å². The highest BCUT2D eigenvalue weighted by Crippen LogP contribution is 2.29. The number of aromatic nitrogens is 2. The first-order valence-corrected chi connectivity index (χ1v) is 14.5. The minimum absolute atomic E-state index is 0.113. The second kappa shape index (κ2) is 14.6. The van der Waals surface area contributed by atoms with Gasteiger partial charge in [0.05, 0.1) is 28.2 Å². The number of aldehydes is 1. The highest BCUT2D eigenvalue weighted by molar-refractivity contribution is 7.12. The Morgan fingerprint density at radius 2 is 2.00 bits per heavy atom. The highest BCUT2D eigenvalue weighted by atomic mass is 35.5. The number of hydroxylamine groups is 1. The summed E-state index contributed by atoms with van der Waals surface area (Å²) < 4.78 is 5.70. The van der Waals surface area contributed by atoms with Crippen molar-refractivity contribution in [1.82, 2.24) is 14.9 Å². The fourth-order valence-corrected chi connectivity index (χ4v) is 5.11. The van der Waals surface area contributed by atoms with E-state index < -0.39 is 0 Å². The first-order chi connectivity index (χ1) is 19.9. The van der Waals surface area contributed by atoms with Gasteiger partial charge in [0.2, 0.25) is 0 Å². The fraction of sp³-hybridized carbons (Fsp3) is 0.258. The van der Waals surface area contributed by atoms with Crippen LogP contribution in [0.4, 0.5) is 11.5 Å². The van der Waals surface area contributed by atoms with Crippen molar-refractivity contribution in [2.24, 2.45) is 0 Å². The quantitative estimate of drug-likeness (QED) is 0.118. The second-order valence-electron chi connectivity index (χ2n) is 9.47. The normalized spacial score (nSPS) is 11.6. The van der Waals surface area contributed by atoms with Gasteiger partial charge in [-0.2, -0.15) is 5.06 Å². The zero-order valence-electron chi connectivity index (χ0n) is 23.4. The van der Waals surface area contributed by atoms with Gasteiger partial charge in [-0.15, -0.1) is 11.3 Å². The number of nitrogens with zero attached hydrogens (tertiary/aromatic N) is 4. The van der Waals surface area contributed by atoms with E-state index in [9.17, 15) is 4.79 Å². The molecule has 41 heavy (non-hydrogen) atoms. The number of carbonyl (C=O) groups is 1. The van der Waals surface area contributed by atoms with Gasteiger partial charge in [0.15, 0.2) is 17.9 Å². The lowest BCUT2D eigenvalue weighted by Gasteiger charge is -2.30. The number of pyridine rings is 2. The molecule has 4 rings (SSSR count). The predicted octanol–water partition coefficient (Wildman–Crippen LogP) is 6.89. The second-order valence-corrected chi connectivity index (χ2v) is 10.8. The van der Waals surface area contributed by atoms with Crippen LogP contribution in [0.3, 0.4) is 0 Å². The topological polar surface area (TPSA) is 79.8 Å². The smallest absolute Gasteiger partial charge is 0.173 e. The van der Waals surface area contributed by atoms with Gasteiger partial charge in [-0.1, -0.05) is 37.2 Å². The summed E-state index contributed by atoms with van der Waals surface area (Å²) in [5, 5.41) is 7.27. The van der Waals surface area contributed by atoms with Crippen LogP contribution >= 0.6 is 22.9 Å². The van der Waals surface area contributed by atoms with E-state index in [0.717, 1.165) is 41.1 Å². The molecule has 1 aromatic carbocycles. The van der Waals surface area contributed by atoms with Crippen LogP contribution in [0, 0.1) is 0 Å². The van der Waals surface area contributed by atoms with E-state index in [1.165, 1.54) is 11.3 Å². The third kappa shape index (κ3) is 8.29. The maximum Gasteiger partial charge on any atom is 0.173 e. The van der Waals surface area contributed by atoms with Crippen LogP contribution in [0.5, 0.6) is 11.5 Å². The van der Waals surface area contributed by atoms with Gasteiger partial charge >= 0.3 is 0 Å². The Hall–Kier alpha value is -3.92. The molecule has 1 unspecified atom stereocenters. The summed E-state index contributed by atoms with van der Waals surface area (Å²) in [6.45, 7) is 7.61. The summed E-state index contributed by atoms with van der Waals surface area (Å²) in [4.78, 5) is 29.2. The molecule has 0 aliphatic carbocycles. The Morgan fingerprint density at radius 1 is 1.15 bits per heavy atom. The number of hydrogen-bond acceptors (Lipinski definition) is 9. The molecule has 214 valence electrons. The van der Waals surface area contributed by atoms with Gasteiger partial charge in [0.1, 0.15) is 5.75 Å². The zero-order chi connectivity index (χ0) is 29.2. The molecule has 1 atom stereocenters. The Bertz CT molecular complexity index is 1450. The molecule has 0 bridgehead atoms. The lowest BCUT2D eigenvalue weighted by Crippen LogP contribution is -2.37. The van der Waals surface area contributed by atoms with Gasteiger partial charge in [-0.3, -0.25) is 14.7 Å². The van der Waals surface area contributed by atoms with E-state index in [1.807, 2.05) is 67.0 Å². The van der Waals surface area contributed by atoms with Crippen molar-refractivity contribution in [1.29, 1.82) is 0 Å². The Labute approximate surface area is 250 Å². The number of halogens is 1. The summed E-state index contributed by atoms with van der Waals surface area (Å²) in [6.07, 6.45) is 5.88. The van der Waals surface area contributed by atoms with E-state index in [4.69, 9.17) is 21.2 Å². The van der Waals surface area contributed by atoms with Crippen LogP contribution < -0.4 is 20.0 Å². The van der Waals surface area contributed by atoms with E-state index >= 15 is 0 Å². The minimum Gasteiger partial charge on any atom is -0.493 e. The van der Waals surface area contributed by atoms with Crippen molar-refractivity contribution in [2.45, 2.75) is 32.4 Å². The lowest BCUT2D eigenvalue weighted by molar-refractivity contribution is 0.112. The number of anilines is 2. The summed E-state index contributed by atoms with van der Waals surface area (Å²) in [6, 6.07) is 17.0. The van der Waals surface area contributed by atoms with E-state index in [-0.39, 0.29) is 6.04 Å². The number of likely N-dealkylation sites (N-methyl/N-ethyl adjacent to an activating group) is 1. The number of ether oxygens (including phenoxy) is 1. The molecule has 0 saturated carbocycles. The molecule has 0 amide bonds. The van der Waals surface area contributed by atoms with Crippen LogP contribution in [-0.4, -0.2) is 47.9 Å². The average molecular weight is 592 g/mol. The molecule has 0 aliphatic heterocycles. The van der Waals surface area contributed by atoms with Crippen LogP contribution in [0.15, 0.2) is 84.6 Å². The van der Waals surface area contributed by atoms with Gasteiger partial charge < -0.3 is 14.9 Å². The van der Waals surface area contributed by atoms with Crippen molar-refractivity contribution < 1.29 is 14.4 Å². The number of benzene rings is 1. The average Bonchev–Trinajstić information content (AvgIpc) is 3.43. The largest absolute Gasteiger partial charge is 0.493 e. The monoisotopic (exact) mass is 591 g/mol. The van der Waals surface area contributed by atoms with Crippen LogP contribution in [0.2, 0.25) is 5.02 Å². The first-order valence-electron chi connectivity index (χ1n) is 13.3. The Balaban J connectivity index is 1.46. The zero-order valence-corrected chi connectivity index (χ0v) is 25.0. The molecule has 0 radical (unpaired) electrons. The molecule has 0 aliphatic rings. The Kier molecular flexibility index (Phi) is 10.7. The molecule has 0 fully saturated rings. The van der Waals surface area contributed by atoms with E-state index in [0.29, 0.717) is 41.0 Å². The number of nitrogens with one attached hydrogen (secondary N) is 1. The molecule has 8 nitrogen and oxygen atoms in total. The third-order valence-corrected chi connectivity index (χ3v) is 7.47. The highest BCUT2D eigenvalue weighted by Gasteiger charge is 2.21. The van der Waals surface area contributed by atoms with Crippen LogP contribution in [0.1, 0.15) is 34.3 Å². The van der Waals surface area contributed by atoms with E-state index in [1.54, 1.807) is 24.5 Å². The summed E-state index contributed by atoms with van der Waals surface area (Å²) >= 11 is 8.05. The third-order valence-electron chi connectivity index (χ3n) is 6.34. The maximum absolute atomic E-state index is 11.5. The Morgan fingerprint density at radius 3 is 2.73 bits per heavy atom. The van der Waals surface area contributed by atoms with Gasteiger partial charge in [0, 0.05) is 49.9 Å². The molecular weight excluding hydrogens is 558 g/mol. The van der Waals surface area contributed by atoms with Crippen molar-refractivity contribution >= 4 is 40.7 Å². The van der Waals surface area contributed by atoms with Crippen molar-refractivity contribution in [3.05, 3.63) is 106 Å². The van der Waals surface area contributed by atoms with E-state index in [2.05, 4.69) is 33.7 Å². The van der Waals surface area contributed by atoms with Gasteiger partial charge in [-0.05, 0) is 60.8 Å². The van der Waals surface area contributed by atoms with Gasteiger partial charge in [0.25, 0.3) is 0 Å². The minimum atomic E-state index is -0.113. The van der Waals surface area contributed by atoms with Crippen LogP contribution in [0.25, 0.3) is 0 Å². The summed E-state index contributed by atoms with van der Waals surface area (Å²) in [5.74, 6) is 1.84. The molecular formula is C31H34ClN5O3S. The van der Waals surface area contributed by atoms with Crippen molar-refractivity contribution in [2.75, 3.05) is 31.1 Å². The number of carbonyl (C=O) groups excluding carboxylic acids is 1.